The number of hydrogen-bond acceptors (Lipinski definition) is 4. The van der Waals surface area contributed by atoms with Crippen LogP contribution in [0.2, 0.25) is 0 Å². The fourth-order valence-corrected chi connectivity index (χ4v) is 2.48. The maximum absolute atomic E-state index is 12.5. The van der Waals surface area contributed by atoms with Crippen LogP contribution in [-0.4, -0.2) is 17.1 Å². The molecule has 0 atom stereocenters. The quantitative estimate of drug-likeness (QED) is 0.506. The van der Waals surface area contributed by atoms with E-state index in [1.807, 2.05) is 4.57 Å². The number of esters is 1. The van der Waals surface area contributed by atoms with E-state index in [2.05, 4.69) is 6.92 Å². The molecular formula is C17H22N2O3. The molecular weight excluding hydrogens is 280 g/mol. The number of rotatable bonds is 6. The summed E-state index contributed by atoms with van der Waals surface area (Å²) in [5, 5.41) is 0.497. The maximum Gasteiger partial charge on any atom is 0.343 e. The molecule has 1 heterocycles. The molecule has 0 aliphatic carbocycles. The SMILES string of the molecule is CCCCCn1cc(C(=O)OCC)c(=O)c2ccc(N)cc21. The van der Waals surface area contributed by atoms with Gasteiger partial charge < -0.3 is 15.0 Å². The van der Waals surface area contributed by atoms with E-state index in [9.17, 15) is 9.59 Å². The van der Waals surface area contributed by atoms with Crippen molar-refractivity contribution in [2.24, 2.45) is 0 Å². The number of fused-ring (bicyclic) bond motifs is 1. The molecule has 0 saturated heterocycles. The molecule has 0 spiro atoms. The van der Waals surface area contributed by atoms with Gasteiger partial charge in [-0.05, 0) is 31.5 Å². The van der Waals surface area contributed by atoms with Crippen molar-refractivity contribution in [2.45, 2.75) is 39.7 Å². The number of benzene rings is 1. The number of carbonyl (C=O) groups excluding carboxylic acids is 1. The Kier molecular flexibility index (Phi) is 5.20. The molecule has 2 aromatic rings. The van der Waals surface area contributed by atoms with Crippen molar-refractivity contribution in [2.75, 3.05) is 12.3 Å². The number of hydrogen-bond donors (Lipinski definition) is 1. The number of aromatic nitrogens is 1. The van der Waals surface area contributed by atoms with Crippen LogP contribution in [0.5, 0.6) is 0 Å². The lowest BCUT2D eigenvalue weighted by Crippen LogP contribution is -2.21. The zero-order chi connectivity index (χ0) is 16.1. The number of pyridine rings is 1. The minimum Gasteiger partial charge on any atom is -0.462 e. The van der Waals surface area contributed by atoms with Crippen molar-refractivity contribution in [3.05, 3.63) is 40.2 Å². The first-order valence-electron chi connectivity index (χ1n) is 7.68. The summed E-state index contributed by atoms with van der Waals surface area (Å²) < 4.78 is 6.91. The minimum atomic E-state index is -0.574. The molecule has 0 radical (unpaired) electrons. The van der Waals surface area contributed by atoms with Crippen LogP contribution in [0.15, 0.2) is 29.2 Å². The number of nitrogens with zero attached hydrogens (tertiary/aromatic N) is 1. The Morgan fingerprint density at radius 1 is 1.27 bits per heavy atom. The highest BCUT2D eigenvalue weighted by Crippen LogP contribution is 2.17. The van der Waals surface area contributed by atoms with E-state index in [-0.39, 0.29) is 17.6 Å². The van der Waals surface area contributed by atoms with Crippen LogP contribution in [0.25, 0.3) is 10.9 Å². The van der Waals surface area contributed by atoms with Crippen molar-refractivity contribution in [1.82, 2.24) is 4.57 Å². The van der Waals surface area contributed by atoms with Gasteiger partial charge in [-0.1, -0.05) is 19.8 Å². The number of unbranched alkanes of at least 4 members (excludes halogenated alkanes) is 2. The number of anilines is 1. The van der Waals surface area contributed by atoms with Crippen molar-refractivity contribution in [1.29, 1.82) is 0 Å². The van der Waals surface area contributed by atoms with Crippen LogP contribution in [0.4, 0.5) is 5.69 Å². The molecule has 22 heavy (non-hydrogen) atoms. The molecule has 5 heteroatoms. The summed E-state index contributed by atoms with van der Waals surface area (Å²) in [6.45, 7) is 4.83. The van der Waals surface area contributed by atoms with Crippen molar-refractivity contribution < 1.29 is 9.53 Å². The molecule has 0 fully saturated rings. The molecule has 5 nitrogen and oxygen atoms in total. The lowest BCUT2D eigenvalue weighted by molar-refractivity contribution is 0.0524. The van der Waals surface area contributed by atoms with Crippen LogP contribution in [0.1, 0.15) is 43.5 Å². The smallest absolute Gasteiger partial charge is 0.343 e. The first-order chi connectivity index (χ1) is 10.6. The van der Waals surface area contributed by atoms with Crippen molar-refractivity contribution >= 4 is 22.6 Å². The summed E-state index contributed by atoms with van der Waals surface area (Å²) in [5.41, 5.74) is 6.97. The monoisotopic (exact) mass is 302 g/mol. The molecule has 2 N–H and O–H groups in total. The summed E-state index contributed by atoms with van der Waals surface area (Å²) in [4.78, 5) is 24.5. The Hall–Kier alpha value is -2.30. The lowest BCUT2D eigenvalue weighted by Gasteiger charge is -2.13. The van der Waals surface area contributed by atoms with Gasteiger partial charge in [-0.25, -0.2) is 4.79 Å². The minimum absolute atomic E-state index is 0.0793. The van der Waals surface area contributed by atoms with E-state index in [0.29, 0.717) is 11.1 Å². The van der Waals surface area contributed by atoms with Gasteiger partial charge in [0, 0.05) is 23.8 Å². The fourth-order valence-electron chi connectivity index (χ4n) is 2.48. The van der Waals surface area contributed by atoms with Crippen LogP contribution in [0.3, 0.4) is 0 Å². The van der Waals surface area contributed by atoms with E-state index in [1.165, 1.54) is 0 Å². The van der Waals surface area contributed by atoms with E-state index < -0.39 is 5.97 Å². The van der Waals surface area contributed by atoms with Crippen molar-refractivity contribution in [3.8, 4) is 0 Å². The predicted molar refractivity (Wildman–Crippen MR) is 88.1 cm³/mol. The molecule has 0 saturated carbocycles. The largest absolute Gasteiger partial charge is 0.462 e. The van der Waals surface area contributed by atoms with Gasteiger partial charge in [-0.3, -0.25) is 4.79 Å². The van der Waals surface area contributed by atoms with Gasteiger partial charge in [0.1, 0.15) is 5.56 Å². The first-order valence-corrected chi connectivity index (χ1v) is 7.68. The molecule has 1 aromatic heterocycles. The summed E-state index contributed by atoms with van der Waals surface area (Å²) in [7, 11) is 0. The summed E-state index contributed by atoms with van der Waals surface area (Å²) in [5.74, 6) is -0.574. The van der Waals surface area contributed by atoms with Gasteiger partial charge in [0.15, 0.2) is 0 Å². The highest BCUT2D eigenvalue weighted by atomic mass is 16.5. The normalized spacial score (nSPS) is 10.8. The fraction of sp³-hybridized carbons (Fsp3) is 0.412. The Bertz CT molecular complexity index is 734. The third kappa shape index (κ3) is 3.30. The average molecular weight is 302 g/mol. The predicted octanol–water partition coefficient (Wildman–Crippen LogP) is 2.95. The summed E-state index contributed by atoms with van der Waals surface area (Å²) in [6.07, 6.45) is 4.76. The molecule has 2 rings (SSSR count). The average Bonchev–Trinajstić information content (AvgIpc) is 2.49. The maximum atomic E-state index is 12.5. The van der Waals surface area contributed by atoms with Crippen LogP contribution in [0, 0.1) is 0 Å². The molecule has 0 bridgehead atoms. The van der Waals surface area contributed by atoms with E-state index in [0.717, 1.165) is 31.3 Å². The van der Waals surface area contributed by atoms with Crippen LogP contribution in [-0.2, 0) is 11.3 Å². The topological polar surface area (TPSA) is 74.3 Å². The zero-order valence-electron chi connectivity index (χ0n) is 13.1. The second-order valence-electron chi connectivity index (χ2n) is 5.27. The van der Waals surface area contributed by atoms with Gasteiger partial charge >= 0.3 is 5.97 Å². The third-order valence-corrected chi connectivity index (χ3v) is 3.60. The van der Waals surface area contributed by atoms with Gasteiger partial charge in [0.25, 0.3) is 0 Å². The van der Waals surface area contributed by atoms with Gasteiger partial charge in [-0.2, -0.15) is 0 Å². The lowest BCUT2D eigenvalue weighted by atomic mass is 10.1. The number of nitrogen functional groups attached to an aromatic ring is 1. The van der Waals surface area contributed by atoms with E-state index in [4.69, 9.17) is 10.5 Å². The number of nitrogens with two attached hydrogens (primary N) is 1. The third-order valence-electron chi connectivity index (χ3n) is 3.60. The van der Waals surface area contributed by atoms with Crippen LogP contribution < -0.4 is 11.2 Å². The number of carbonyl (C=O) groups is 1. The second-order valence-corrected chi connectivity index (χ2v) is 5.27. The molecule has 0 unspecified atom stereocenters. The Balaban J connectivity index is 2.58. The Morgan fingerprint density at radius 2 is 2.05 bits per heavy atom. The van der Waals surface area contributed by atoms with E-state index in [1.54, 1.807) is 31.3 Å². The van der Waals surface area contributed by atoms with Gasteiger partial charge in [0.05, 0.1) is 12.1 Å². The second kappa shape index (κ2) is 7.11. The standard InChI is InChI=1S/C17H22N2O3/c1-3-5-6-9-19-11-14(17(21)22-4-2)16(20)13-8-7-12(18)10-15(13)19/h7-8,10-11H,3-6,9,18H2,1-2H3. The first kappa shape index (κ1) is 16.1. The van der Waals surface area contributed by atoms with Gasteiger partial charge in [0.2, 0.25) is 5.43 Å². The zero-order valence-corrected chi connectivity index (χ0v) is 13.1. The van der Waals surface area contributed by atoms with Crippen LogP contribution >= 0.6 is 0 Å². The van der Waals surface area contributed by atoms with E-state index >= 15 is 0 Å². The molecule has 1 aromatic carbocycles. The Labute approximate surface area is 129 Å². The highest BCUT2D eigenvalue weighted by Gasteiger charge is 2.16. The van der Waals surface area contributed by atoms with Gasteiger partial charge in [-0.15, -0.1) is 0 Å². The molecule has 0 aliphatic rings. The summed E-state index contributed by atoms with van der Waals surface area (Å²) in [6, 6.07) is 5.12. The molecule has 0 amide bonds. The summed E-state index contributed by atoms with van der Waals surface area (Å²) >= 11 is 0. The number of ether oxygens (including phenoxy) is 1. The Morgan fingerprint density at radius 3 is 2.73 bits per heavy atom. The number of aryl methyl sites for hydroxylation is 1. The molecule has 118 valence electrons. The molecule has 0 aliphatic heterocycles. The highest BCUT2D eigenvalue weighted by molar-refractivity contribution is 5.94. The van der Waals surface area contributed by atoms with Crippen molar-refractivity contribution in [3.63, 3.8) is 0 Å².